The van der Waals surface area contributed by atoms with Gasteiger partial charge in [-0.2, -0.15) is 0 Å². The van der Waals surface area contributed by atoms with Gasteiger partial charge in [-0.05, 0) is 54.7 Å². The average Bonchev–Trinajstić information content (AvgIpc) is 3.14. The Morgan fingerprint density at radius 2 is 1.87 bits per heavy atom. The predicted molar refractivity (Wildman–Crippen MR) is 116 cm³/mol. The Bertz CT molecular complexity index is 1110. The molecule has 1 aliphatic heterocycles. The van der Waals surface area contributed by atoms with Gasteiger partial charge in [0.05, 0.1) is 12.7 Å². The van der Waals surface area contributed by atoms with Crippen molar-refractivity contribution < 1.29 is 18.7 Å². The Balaban J connectivity index is 1.31. The van der Waals surface area contributed by atoms with Crippen LogP contribution in [0.15, 0.2) is 59.2 Å². The van der Waals surface area contributed by atoms with Gasteiger partial charge >= 0.3 is 5.97 Å². The Kier molecular flexibility index (Phi) is 5.70. The standard InChI is InChI=1S/C25H25NO4/c1-17-12-22-21(15-29-23(22)13-18(17)2)14-25(28)30-16-24(27)26-10-8-20(9-11-26)19-6-4-3-5-7-19/h3-8,12-13,15H,9-11,14,16H2,1-2H3. The maximum Gasteiger partial charge on any atom is 0.310 e. The largest absolute Gasteiger partial charge is 0.464 e. The van der Waals surface area contributed by atoms with Crippen LogP contribution in [0.4, 0.5) is 0 Å². The molecule has 0 saturated carbocycles. The molecule has 0 aliphatic carbocycles. The zero-order valence-corrected chi connectivity index (χ0v) is 17.3. The van der Waals surface area contributed by atoms with Crippen LogP contribution in [-0.4, -0.2) is 36.5 Å². The number of furan rings is 1. The molecule has 1 aliphatic rings. The normalized spacial score (nSPS) is 13.9. The number of aryl methyl sites for hydroxylation is 2. The highest BCUT2D eigenvalue weighted by Gasteiger charge is 2.20. The number of nitrogens with zero attached hydrogens (tertiary/aromatic N) is 1. The predicted octanol–water partition coefficient (Wildman–Crippen LogP) is 4.45. The fourth-order valence-corrected chi connectivity index (χ4v) is 3.72. The Labute approximate surface area is 175 Å². The van der Waals surface area contributed by atoms with Crippen molar-refractivity contribution in [2.75, 3.05) is 19.7 Å². The average molecular weight is 403 g/mol. The van der Waals surface area contributed by atoms with E-state index < -0.39 is 5.97 Å². The molecule has 1 aromatic heterocycles. The van der Waals surface area contributed by atoms with Crippen molar-refractivity contribution in [1.82, 2.24) is 4.90 Å². The minimum Gasteiger partial charge on any atom is -0.464 e. The number of rotatable bonds is 5. The van der Waals surface area contributed by atoms with Crippen LogP contribution < -0.4 is 0 Å². The maximum atomic E-state index is 12.4. The van der Waals surface area contributed by atoms with Crippen molar-refractivity contribution in [2.24, 2.45) is 0 Å². The van der Waals surface area contributed by atoms with Gasteiger partial charge in [0.2, 0.25) is 0 Å². The molecule has 5 nitrogen and oxygen atoms in total. The first-order valence-corrected chi connectivity index (χ1v) is 10.2. The Hall–Kier alpha value is -3.34. The summed E-state index contributed by atoms with van der Waals surface area (Å²) >= 11 is 0. The lowest BCUT2D eigenvalue weighted by atomic mass is 10.00. The third-order valence-corrected chi connectivity index (χ3v) is 5.67. The molecule has 0 saturated heterocycles. The summed E-state index contributed by atoms with van der Waals surface area (Å²) in [6.45, 7) is 4.98. The molecule has 5 heteroatoms. The summed E-state index contributed by atoms with van der Waals surface area (Å²) in [5.74, 6) is -0.600. The van der Waals surface area contributed by atoms with Crippen molar-refractivity contribution in [3.8, 4) is 0 Å². The number of carbonyl (C=O) groups is 2. The van der Waals surface area contributed by atoms with Crippen LogP contribution in [0.1, 0.15) is 28.7 Å². The quantitative estimate of drug-likeness (QED) is 0.591. The van der Waals surface area contributed by atoms with Crippen molar-refractivity contribution in [1.29, 1.82) is 0 Å². The summed E-state index contributed by atoms with van der Waals surface area (Å²) in [7, 11) is 0. The lowest BCUT2D eigenvalue weighted by Gasteiger charge is -2.26. The zero-order valence-electron chi connectivity index (χ0n) is 17.3. The van der Waals surface area contributed by atoms with Crippen molar-refractivity contribution in [2.45, 2.75) is 26.7 Å². The number of hydrogen-bond donors (Lipinski definition) is 0. The molecule has 30 heavy (non-hydrogen) atoms. The van der Waals surface area contributed by atoms with E-state index in [4.69, 9.17) is 9.15 Å². The van der Waals surface area contributed by atoms with Crippen LogP contribution in [0.3, 0.4) is 0 Å². The molecule has 0 unspecified atom stereocenters. The molecule has 0 fully saturated rings. The van der Waals surface area contributed by atoms with Crippen LogP contribution >= 0.6 is 0 Å². The lowest BCUT2D eigenvalue weighted by molar-refractivity contribution is -0.151. The van der Waals surface area contributed by atoms with Crippen LogP contribution in [0.2, 0.25) is 0 Å². The van der Waals surface area contributed by atoms with E-state index in [0.717, 1.165) is 34.1 Å². The number of amides is 1. The second-order valence-corrected chi connectivity index (χ2v) is 7.72. The van der Waals surface area contributed by atoms with Crippen LogP contribution in [0, 0.1) is 13.8 Å². The van der Waals surface area contributed by atoms with Gasteiger partial charge in [0.25, 0.3) is 5.91 Å². The maximum absolute atomic E-state index is 12.4. The van der Waals surface area contributed by atoms with E-state index in [1.54, 1.807) is 11.2 Å². The first kappa shape index (κ1) is 20.0. The number of carbonyl (C=O) groups excluding carboxylic acids is 2. The summed E-state index contributed by atoms with van der Waals surface area (Å²) in [6.07, 6.45) is 4.54. The van der Waals surface area contributed by atoms with E-state index >= 15 is 0 Å². The number of ether oxygens (including phenoxy) is 1. The highest BCUT2D eigenvalue weighted by Crippen LogP contribution is 2.25. The van der Waals surface area contributed by atoms with Gasteiger partial charge in [-0.15, -0.1) is 0 Å². The number of fused-ring (bicyclic) bond motifs is 1. The molecular formula is C25H25NO4. The number of esters is 1. The summed E-state index contributed by atoms with van der Waals surface area (Å²) < 4.78 is 10.8. The molecule has 0 bridgehead atoms. The SMILES string of the molecule is Cc1cc2occ(CC(=O)OCC(=O)N3CC=C(c4ccccc4)CC3)c2cc1C. The molecule has 2 heterocycles. The Morgan fingerprint density at radius 1 is 1.10 bits per heavy atom. The van der Waals surface area contributed by atoms with E-state index in [9.17, 15) is 9.59 Å². The third kappa shape index (κ3) is 4.30. The van der Waals surface area contributed by atoms with E-state index in [-0.39, 0.29) is 18.9 Å². The van der Waals surface area contributed by atoms with Gasteiger partial charge in [-0.1, -0.05) is 36.4 Å². The molecule has 0 atom stereocenters. The molecule has 154 valence electrons. The van der Waals surface area contributed by atoms with E-state index in [2.05, 4.69) is 18.2 Å². The topological polar surface area (TPSA) is 59.8 Å². The summed E-state index contributed by atoms with van der Waals surface area (Å²) in [4.78, 5) is 26.4. The fourth-order valence-electron chi connectivity index (χ4n) is 3.72. The Morgan fingerprint density at radius 3 is 2.60 bits per heavy atom. The minimum absolute atomic E-state index is 0.0842. The fraction of sp³-hybridized carbons (Fsp3) is 0.280. The molecule has 2 aromatic carbocycles. The summed E-state index contributed by atoms with van der Waals surface area (Å²) in [5, 5.41) is 0.913. The van der Waals surface area contributed by atoms with Gasteiger partial charge in [-0.3, -0.25) is 9.59 Å². The van der Waals surface area contributed by atoms with Crippen LogP contribution in [0.5, 0.6) is 0 Å². The van der Waals surface area contributed by atoms with Crippen molar-refractivity contribution in [3.63, 3.8) is 0 Å². The second-order valence-electron chi connectivity index (χ2n) is 7.72. The second kappa shape index (κ2) is 8.57. The first-order chi connectivity index (χ1) is 14.5. The highest BCUT2D eigenvalue weighted by molar-refractivity contribution is 5.88. The smallest absolute Gasteiger partial charge is 0.310 e. The molecule has 1 amide bonds. The molecule has 0 N–H and O–H groups in total. The van der Waals surface area contributed by atoms with Gasteiger partial charge in [0.15, 0.2) is 6.61 Å². The van der Waals surface area contributed by atoms with E-state index in [0.29, 0.717) is 13.1 Å². The zero-order chi connectivity index (χ0) is 21.1. The van der Waals surface area contributed by atoms with Gasteiger partial charge in [0.1, 0.15) is 5.58 Å². The van der Waals surface area contributed by atoms with Gasteiger partial charge in [0, 0.05) is 24.0 Å². The number of benzene rings is 2. The lowest BCUT2D eigenvalue weighted by Crippen LogP contribution is -2.37. The van der Waals surface area contributed by atoms with Gasteiger partial charge < -0.3 is 14.1 Å². The molecule has 3 aromatic rings. The first-order valence-electron chi connectivity index (χ1n) is 10.2. The molecular weight excluding hydrogens is 378 g/mol. The van der Waals surface area contributed by atoms with Crippen LogP contribution in [0.25, 0.3) is 16.5 Å². The molecule has 0 radical (unpaired) electrons. The highest BCUT2D eigenvalue weighted by atomic mass is 16.5. The monoisotopic (exact) mass is 403 g/mol. The van der Waals surface area contributed by atoms with Crippen molar-refractivity contribution in [3.05, 3.63) is 77.1 Å². The van der Waals surface area contributed by atoms with Crippen molar-refractivity contribution >= 4 is 28.4 Å². The third-order valence-electron chi connectivity index (χ3n) is 5.67. The molecule has 0 spiro atoms. The van der Waals surface area contributed by atoms with E-state index in [1.807, 2.05) is 44.2 Å². The number of hydrogen-bond acceptors (Lipinski definition) is 4. The van der Waals surface area contributed by atoms with Gasteiger partial charge in [-0.25, -0.2) is 0 Å². The summed E-state index contributed by atoms with van der Waals surface area (Å²) in [6, 6.07) is 14.2. The van der Waals surface area contributed by atoms with E-state index in [1.165, 1.54) is 11.1 Å². The summed E-state index contributed by atoms with van der Waals surface area (Å²) in [5.41, 5.74) is 6.25. The van der Waals surface area contributed by atoms with Crippen LogP contribution in [-0.2, 0) is 20.7 Å². The minimum atomic E-state index is -0.429. The molecule has 4 rings (SSSR count).